The van der Waals surface area contributed by atoms with E-state index in [1.54, 1.807) is 42.5 Å². The number of benzene rings is 2. The Hall–Kier alpha value is -4.52. The molecule has 32 heavy (non-hydrogen) atoms. The number of aromatic nitrogens is 3. The maximum absolute atomic E-state index is 13.3. The molecule has 0 aliphatic rings. The number of hydrogen-bond donors (Lipinski definition) is 3. The zero-order chi connectivity index (χ0) is 23.0. The van der Waals surface area contributed by atoms with Crippen molar-refractivity contribution in [3.05, 3.63) is 83.1 Å². The lowest BCUT2D eigenvalue weighted by Crippen LogP contribution is -2.28. The van der Waals surface area contributed by atoms with Gasteiger partial charge in [-0.25, -0.2) is 4.98 Å². The summed E-state index contributed by atoms with van der Waals surface area (Å²) in [6.45, 7) is 0. The van der Waals surface area contributed by atoms with Gasteiger partial charge in [-0.05, 0) is 48.0 Å². The van der Waals surface area contributed by atoms with Crippen LogP contribution < -0.4 is 11.2 Å². The first-order chi connectivity index (χ1) is 15.2. The van der Waals surface area contributed by atoms with E-state index < -0.39 is 17.6 Å². The zero-order valence-electron chi connectivity index (χ0n) is 16.3. The molecule has 0 amide bonds. The van der Waals surface area contributed by atoms with Crippen LogP contribution in [0.3, 0.4) is 0 Å². The van der Waals surface area contributed by atoms with Crippen LogP contribution in [0, 0.1) is 22.1 Å². The van der Waals surface area contributed by atoms with Crippen LogP contribution in [-0.2, 0) is 6.18 Å². The van der Waals surface area contributed by atoms with Crippen LogP contribution in [0.25, 0.3) is 22.2 Å². The zero-order valence-corrected chi connectivity index (χ0v) is 16.3. The van der Waals surface area contributed by atoms with Crippen LogP contribution in [0.1, 0.15) is 16.7 Å². The Morgan fingerprint density at radius 3 is 2.38 bits per heavy atom. The smallest absolute Gasteiger partial charge is 0.383 e. The molecule has 0 bridgehead atoms. The minimum absolute atomic E-state index is 0.0459. The molecule has 0 radical (unpaired) electrons. The van der Waals surface area contributed by atoms with Gasteiger partial charge in [0.25, 0.3) is 0 Å². The Balaban J connectivity index is 1.89. The fraction of sp³-hybridized carbons (Fsp3) is 0.0455. The molecule has 2 aromatic heterocycles. The van der Waals surface area contributed by atoms with Gasteiger partial charge in [-0.15, -0.1) is 0 Å². The number of rotatable bonds is 2. The average Bonchev–Trinajstić information content (AvgIpc) is 2.78. The largest absolute Gasteiger partial charge is 0.419 e. The SMILES string of the molecule is N#Cc1ccc(C(=N)n2c(=N)cnc3ccc(-c4cnc(N)c(C(F)(F)F)c4)cc32)cc1. The number of fused-ring (bicyclic) bond motifs is 1. The molecular weight excluding hydrogens is 419 g/mol. The average molecular weight is 433 g/mol. The molecule has 0 unspecified atom stereocenters. The van der Waals surface area contributed by atoms with Crippen LogP contribution in [0.4, 0.5) is 19.0 Å². The number of hydrogen-bond acceptors (Lipinski definition) is 6. The minimum Gasteiger partial charge on any atom is -0.383 e. The molecule has 0 saturated carbocycles. The minimum atomic E-state index is -4.66. The van der Waals surface area contributed by atoms with Gasteiger partial charge in [-0.2, -0.15) is 18.4 Å². The molecule has 0 saturated heterocycles. The van der Waals surface area contributed by atoms with Crippen LogP contribution in [-0.4, -0.2) is 20.4 Å². The Morgan fingerprint density at radius 2 is 1.72 bits per heavy atom. The first-order valence-corrected chi connectivity index (χ1v) is 9.18. The molecular formula is C22H14F3N7. The van der Waals surface area contributed by atoms with E-state index in [0.717, 1.165) is 6.07 Å². The molecule has 4 rings (SSSR count). The first kappa shape index (κ1) is 20.7. The van der Waals surface area contributed by atoms with E-state index in [4.69, 9.17) is 21.8 Å². The molecule has 10 heteroatoms. The Labute approximate surface area is 179 Å². The predicted molar refractivity (Wildman–Crippen MR) is 112 cm³/mol. The molecule has 0 spiro atoms. The summed E-state index contributed by atoms with van der Waals surface area (Å²) in [5.74, 6) is -0.662. The van der Waals surface area contributed by atoms with Gasteiger partial charge >= 0.3 is 6.18 Å². The highest BCUT2D eigenvalue weighted by Gasteiger charge is 2.34. The van der Waals surface area contributed by atoms with Crippen molar-refractivity contribution in [1.82, 2.24) is 14.5 Å². The number of nitrogens with two attached hydrogens (primary N) is 1. The summed E-state index contributed by atoms with van der Waals surface area (Å²) in [5.41, 5.74) is 6.52. The Bertz CT molecular complexity index is 1460. The lowest BCUT2D eigenvalue weighted by atomic mass is 10.0. The molecule has 0 aliphatic carbocycles. The van der Waals surface area contributed by atoms with Crippen molar-refractivity contribution in [1.29, 1.82) is 16.1 Å². The molecule has 4 aromatic rings. The van der Waals surface area contributed by atoms with Crippen LogP contribution in [0.2, 0.25) is 0 Å². The third-order valence-corrected chi connectivity index (χ3v) is 4.85. The summed E-state index contributed by atoms with van der Waals surface area (Å²) < 4.78 is 41.1. The molecule has 2 aromatic carbocycles. The standard InChI is InChI=1S/C22H14F3N7/c23-22(24,25)16-7-15(10-31-20(16)28)14-5-6-17-18(8-14)32(19(27)11-30-17)21(29)13-3-1-12(9-26)2-4-13/h1-8,10-11,27,29H,(H2,28,31). The van der Waals surface area contributed by atoms with Crippen molar-refractivity contribution >= 4 is 22.7 Å². The fourth-order valence-corrected chi connectivity index (χ4v) is 3.24. The van der Waals surface area contributed by atoms with Crippen molar-refractivity contribution in [3.8, 4) is 17.2 Å². The first-order valence-electron chi connectivity index (χ1n) is 9.18. The highest BCUT2D eigenvalue weighted by Crippen LogP contribution is 2.35. The molecule has 7 nitrogen and oxygen atoms in total. The maximum atomic E-state index is 13.3. The molecule has 2 heterocycles. The summed E-state index contributed by atoms with van der Waals surface area (Å²) in [6, 6.07) is 13.9. The van der Waals surface area contributed by atoms with Gasteiger partial charge in [0.15, 0.2) is 0 Å². The molecule has 0 fully saturated rings. The molecule has 158 valence electrons. The number of pyridine rings is 1. The van der Waals surface area contributed by atoms with Crippen molar-refractivity contribution in [2.45, 2.75) is 6.18 Å². The summed E-state index contributed by atoms with van der Waals surface area (Å²) in [6.07, 6.45) is -2.13. The fourth-order valence-electron chi connectivity index (χ4n) is 3.24. The summed E-state index contributed by atoms with van der Waals surface area (Å²) in [4.78, 5) is 7.86. The number of anilines is 1. The Kier molecular flexibility index (Phi) is 4.94. The van der Waals surface area contributed by atoms with E-state index in [0.29, 0.717) is 27.7 Å². The quantitative estimate of drug-likeness (QED) is 0.327. The second kappa shape index (κ2) is 7.63. The second-order valence-corrected chi connectivity index (χ2v) is 6.87. The topological polar surface area (TPSA) is 128 Å². The summed E-state index contributed by atoms with van der Waals surface area (Å²) >= 11 is 0. The van der Waals surface area contributed by atoms with Crippen LogP contribution in [0.15, 0.2) is 60.9 Å². The third kappa shape index (κ3) is 3.67. The van der Waals surface area contributed by atoms with E-state index in [1.165, 1.54) is 17.0 Å². The number of halogens is 3. The van der Waals surface area contributed by atoms with Gasteiger partial charge in [-0.3, -0.25) is 20.4 Å². The van der Waals surface area contributed by atoms with Gasteiger partial charge in [0.05, 0.1) is 34.4 Å². The van der Waals surface area contributed by atoms with Crippen molar-refractivity contribution in [3.63, 3.8) is 0 Å². The van der Waals surface area contributed by atoms with Crippen LogP contribution >= 0.6 is 0 Å². The van der Waals surface area contributed by atoms with Gasteiger partial charge in [0, 0.05) is 17.3 Å². The monoisotopic (exact) mass is 433 g/mol. The van der Waals surface area contributed by atoms with Crippen molar-refractivity contribution in [2.24, 2.45) is 0 Å². The Morgan fingerprint density at radius 1 is 1.00 bits per heavy atom. The predicted octanol–water partition coefficient (Wildman–Crippen LogP) is 3.92. The molecule has 0 aliphatic heterocycles. The van der Waals surface area contributed by atoms with E-state index in [1.807, 2.05) is 6.07 Å². The number of nitrogen functional groups attached to an aromatic ring is 1. The second-order valence-electron chi connectivity index (χ2n) is 6.87. The summed E-state index contributed by atoms with van der Waals surface area (Å²) in [7, 11) is 0. The van der Waals surface area contributed by atoms with Crippen molar-refractivity contribution in [2.75, 3.05) is 5.73 Å². The number of nitrogens with one attached hydrogen (secondary N) is 2. The lowest BCUT2D eigenvalue weighted by Gasteiger charge is -2.14. The van der Waals surface area contributed by atoms with Crippen LogP contribution in [0.5, 0.6) is 0 Å². The highest BCUT2D eigenvalue weighted by molar-refractivity contribution is 6.02. The molecule has 4 N–H and O–H groups in total. The van der Waals surface area contributed by atoms with E-state index in [-0.39, 0.29) is 16.9 Å². The van der Waals surface area contributed by atoms with Gasteiger partial charge in [0.1, 0.15) is 17.1 Å². The van der Waals surface area contributed by atoms with E-state index >= 15 is 0 Å². The normalized spacial score (nSPS) is 11.3. The maximum Gasteiger partial charge on any atom is 0.419 e. The number of alkyl halides is 3. The number of nitriles is 1. The van der Waals surface area contributed by atoms with Crippen molar-refractivity contribution < 1.29 is 13.2 Å². The van der Waals surface area contributed by atoms with Gasteiger partial charge in [0.2, 0.25) is 0 Å². The molecule has 0 atom stereocenters. The summed E-state index contributed by atoms with van der Waals surface area (Å²) in [5, 5.41) is 25.8. The van der Waals surface area contributed by atoms with Gasteiger partial charge in [-0.1, -0.05) is 6.07 Å². The highest BCUT2D eigenvalue weighted by atomic mass is 19.4. The lowest BCUT2D eigenvalue weighted by molar-refractivity contribution is -0.137. The van der Waals surface area contributed by atoms with Gasteiger partial charge < -0.3 is 5.73 Å². The third-order valence-electron chi connectivity index (χ3n) is 4.85. The van der Waals surface area contributed by atoms with E-state index in [9.17, 15) is 13.2 Å². The number of nitrogens with zero attached hydrogens (tertiary/aromatic N) is 4. The van der Waals surface area contributed by atoms with E-state index in [2.05, 4.69) is 9.97 Å².